The number of benzene rings is 3. The molecule has 0 aliphatic heterocycles. The van der Waals surface area contributed by atoms with Crippen LogP contribution in [-0.2, 0) is 14.8 Å². The predicted molar refractivity (Wildman–Crippen MR) is 125 cm³/mol. The maximum atomic E-state index is 13.4. The lowest BCUT2D eigenvalue weighted by molar-refractivity contribution is -0.120. The number of hydrogen-bond acceptors (Lipinski definition) is 3. The Bertz CT molecular complexity index is 1210. The van der Waals surface area contributed by atoms with Crippen molar-refractivity contribution in [2.75, 3.05) is 10.8 Å². The molecule has 1 N–H and O–H groups in total. The largest absolute Gasteiger partial charge is 0.348 e. The molecule has 1 atom stereocenters. The van der Waals surface area contributed by atoms with Crippen molar-refractivity contribution in [3.05, 3.63) is 94.8 Å². The fourth-order valence-corrected chi connectivity index (χ4v) is 4.72. The molecule has 7 heteroatoms. The average molecular weight is 455 g/mol. The number of nitrogens with one attached hydrogen (secondary N) is 1. The van der Waals surface area contributed by atoms with Crippen LogP contribution < -0.4 is 9.62 Å². The Morgan fingerprint density at radius 3 is 2.16 bits per heavy atom. The zero-order valence-corrected chi connectivity index (χ0v) is 19.4. The Morgan fingerprint density at radius 2 is 1.56 bits per heavy atom. The van der Waals surface area contributed by atoms with Crippen molar-refractivity contribution >= 4 is 21.6 Å². The highest BCUT2D eigenvalue weighted by atomic mass is 32.2. The van der Waals surface area contributed by atoms with Gasteiger partial charge in [0.2, 0.25) is 5.91 Å². The highest BCUT2D eigenvalue weighted by molar-refractivity contribution is 7.92. The van der Waals surface area contributed by atoms with Gasteiger partial charge in [-0.25, -0.2) is 12.8 Å². The van der Waals surface area contributed by atoms with E-state index in [0.717, 1.165) is 26.6 Å². The van der Waals surface area contributed by atoms with Crippen LogP contribution in [0.4, 0.5) is 10.1 Å². The minimum Gasteiger partial charge on any atom is -0.348 e. The Labute approximate surface area is 188 Å². The van der Waals surface area contributed by atoms with Gasteiger partial charge in [-0.15, -0.1) is 0 Å². The normalized spacial score (nSPS) is 12.3. The third-order valence-electron chi connectivity index (χ3n) is 5.42. The minimum atomic E-state index is -4.04. The highest BCUT2D eigenvalue weighted by Crippen LogP contribution is 2.24. The van der Waals surface area contributed by atoms with Gasteiger partial charge in [-0.1, -0.05) is 35.9 Å². The lowest BCUT2D eigenvalue weighted by Crippen LogP contribution is -2.41. The van der Waals surface area contributed by atoms with Crippen molar-refractivity contribution in [3.63, 3.8) is 0 Å². The van der Waals surface area contributed by atoms with Gasteiger partial charge in [0.1, 0.15) is 12.4 Å². The zero-order valence-electron chi connectivity index (χ0n) is 18.6. The summed E-state index contributed by atoms with van der Waals surface area (Å²) in [5, 5.41) is 2.87. The SMILES string of the molecule is Cc1ccc(S(=O)(=O)N(CC(=O)NC(C)c2ccc(C)c(C)c2)c2ccc(F)cc2)cc1. The topological polar surface area (TPSA) is 66.5 Å². The fraction of sp³-hybridized carbons (Fsp3) is 0.240. The van der Waals surface area contributed by atoms with Crippen LogP contribution in [0.15, 0.2) is 71.6 Å². The first-order valence-corrected chi connectivity index (χ1v) is 11.7. The second-order valence-electron chi connectivity index (χ2n) is 7.93. The van der Waals surface area contributed by atoms with Crippen molar-refractivity contribution in [2.45, 2.75) is 38.6 Å². The molecule has 5 nitrogen and oxygen atoms in total. The van der Waals surface area contributed by atoms with Gasteiger partial charge < -0.3 is 5.32 Å². The first kappa shape index (κ1) is 23.5. The summed E-state index contributed by atoms with van der Waals surface area (Å²) in [4.78, 5) is 12.9. The smallest absolute Gasteiger partial charge is 0.264 e. The summed E-state index contributed by atoms with van der Waals surface area (Å²) in [6.07, 6.45) is 0. The first-order valence-electron chi connectivity index (χ1n) is 10.3. The van der Waals surface area contributed by atoms with Crippen molar-refractivity contribution in [1.82, 2.24) is 5.32 Å². The van der Waals surface area contributed by atoms with Gasteiger partial charge in [0.05, 0.1) is 16.6 Å². The summed E-state index contributed by atoms with van der Waals surface area (Å²) in [5.74, 6) is -0.954. The maximum Gasteiger partial charge on any atom is 0.264 e. The van der Waals surface area contributed by atoms with E-state index >= 15 is 0 Å². The molecule has 168 valence electrons. The molecular weight excluding hydrogens is 427 g/mol. The maximum absolute atomic E-state index is 13.4. The van der Waals surface area contributed by atoms with Gasteiger partial charge in [-0.05, 0) is 80.8 Å². The van der Waals surface area contributed by atoms with Crippen LogP contribution in [0.2, 0.25) is 0 Å². The van der Waals surface area contributed by atoms with Gasteiger partial charge in [-0.3, -0.25) is 9.10 Å². The van der Waals surface area contributed by atoms with E-state index in [2.05, 4.69) is 5.32 Å². The van der Waals surface area contributed by atoms with Crippen LogP contribution in [0.5, 0.6) is 0 Å². The molecule has 0 aromatic heterocycles. The van der Waals surface area contributed by atoms with Crippen LogP contribution in [0.3, 0.4) is 0 Å². The molecule has 0 heterocycles. The third kappa shape index (κ3) is 5.34. The quantitative estimate of drug-likeness (QED) is 0.556. The molecule has 32 heavy (non-hydrogen) atoms. The van der Waals surface area contributed by atoms with Crippen molar-refractivity contribution in [1.29, 1.82) is 0 Å². The molecule has 3 rings (SSSR count). The van der Waals surface area contributed by atoms with Crippen molar-refractivity contribution in [3.8, 4) is 0 Å². The van der Waals surface area contributed by atoms with E-state index in [9.17, 15) is 17.6 Å². The summed E-state index contributed by atoms with van der Waals surface area (Å²) in [7, 11) is -4.04. The molecule has 0 bridgehead atoms. The summed E-state index contributed by atoms with van der Waals surface area (Å²) in [5.41, 5.74) is 4.31. The Hall–Kier alpha value is -3.19. The van der Waals surface area contributed by atoms with Gasteiger partial charge in [0.15, 0.2) is 0 Å². The Kier molecular flexibility index (Phi) is 6.99. The number of amides is 1. The third-order valence-corrected chi connectivity index (χ3v) is 7.21. The van der Waals surface area contributed by atoms with E-state index < -0.39 is 28.3 Å². The fourth-order valence-electron chi connectivity index (χ4n) is 3.29. The van der Waals surface area contributed by atoms with E-state index in [0.29, 0.717) is 0 Å². The molecule has 0 saturated heterocycles. The number of hydrogen-bond donors (Lipinski definition) is 1. The Morgan fingerprint density at radius 1 is 0.938 bits per heavy atom. The number of rotatable bonds is 7. The molecule has 1 unspecified atom stereocenters. The molecule has 3 aromatic carbocycles. The van der Waals surface area contributed by atoms with E-state index in [1.54, 1.807) is 12.1 Å². The van der Waals surface area contributed by atoms with Crippen LogP contribution >= 0.6 is 0 Å². The number of carbonyl (C=O) groups is 1. The van der Waals surface area contributed by atoms with Crippen LogP contribution in [0.25, 0.3) is 0 Å². The molecule has 0 spiro atoms. The molecule has 0 fully saturated rings. The van der Waals surface area contributed by atoms with Gasteiger partial charge in [0.25, 0.3) is 10.0 Å². The summed E-state index contributed by atoms with van der Waals surface area (Å²) >= 11 is 0. The second-order valence-corrected chi connectivity index (χ2v) is 9.80. The molecule has 0 radical (unpaired) electrons. The van der Waals surface area contributed by atoms with Gasteiger partial charge >= 0.3 is 0 Å². The minimum absolute atomic E-state index is 0.0578. The van der Waals surface area contributed by atoms with Crippen LogP contribution in [-0.4, -0.2) is 20.9 Å². The molecule has 1 amide bonds. The number of nitrogens with zero attached hydrogens (tertiary/aromatic N) is 1. The summed E-state index contributed by atoms with van der Waals surface area (Å²) in [6, 6.07) is 17.0. The number of anilines is 1. The lowest BCUT2D eigenvalue weighted by Gasteiger charge is -2.25. The van der Waals surface area contributed by atoms with Crippen LogP contribution in [0, 0.1) is 26.6 Å². The zero-order chi connectivity index (χ0) is 23.5. The molecule has 0 saturated carbocycles. The number of sulfonamides is 1. The first-order chi connectivity index (χ1) is 15.1. The number of halogens is 1. The predicted octanol–water partition coefficient (Wildman–Crippen LogP) is 4.82. The molecule has 3 aromatic rings. The van der Waals surface area contributed by atoms with E-state index in [1.165, 1.54) is 36.4 Å². The second kappa shape index (κ2) is 9.53. The van der Waals surface area contributed by atoms with Crippen molar-refractivity contribution < 1.29 is 17.6 Å². The standard InChI is InChI=1S/C25H27FN2O3S/c1-17-5-13-24(14-6-17)32(30,31)28(23-11-9-22(26)10-12-23)16-25(29)27-20(4)21-8-7-18(2)19(3)15-21/h5-15,20H,16H2,1-4H3,(H,27,29). The molecule has 0 aliphatic rings. The average Bonchev–Trinajstić information content (AvgIpc) is 2.75. The Balaban J connectivity index is 1.88. The molecule has 0 aliphatic carbocycles. The summed E-state index contributed by atoms with van der Waals surface area (Å²) in [6.45, 7) is 7.28. The lowest BCUT2D eigenvalue weighted by atomic mass is 10.0. The van der Waals surface area contributed by atoms with E-state index in [1.807, 2.05) is 45.9 Å². The monoisotopic (exact) mass is 454 g/mol. The van der Waals surface area contributed by atoms with E-state index in [-0.39, 0.29) is 16.6 Å². The van der Waals surface area contributed by atoms with Crippen LogP contribution in [0.1, 0.15) is 35.2 Å². The number of aryl methyl sites for hydroxylation is 3. The van der Waals surface area contributed by atoms with Gasteiger partial charge in [-0.2, -0.15) is 0 Å². The number of carbonyl (C=O) groups excluding carboxylic acids is 1. The van der Waals surface area contributed by atoms with E-state index in [4.69, 9.17) is 0 Å². The highest BCUT2D eigenvalue weighted by Gasteiger charge is 2.27. The van der Waals surface area contributed by atoms with Crippen molar-refractivity contribution in [2.24, 2.45) is 0 Å². The van der Waals surface area contributed by atoms with Gasteiger partial charge in [0, 0.05) is 0 Å². The molecular formula is C25H27FN2O3S. The summed E-state index contributed by atoms with van der Waals surface area (Å²) < 4.78 is 41.2.